The minimum absolute atomic E-state index is 0. The fourth-order valence-electron chi connectivity index (χ4n) is 0. The average molecular weight is 153 g/mol. The van der Waals surface area contributed by atoms with Crippen LogP contribution in [0.2, 0.25) is 0 Å². The van der Waals surface area contributed by atoms with E-state index in [-0.39, 0.29) is 28.5 Å². The van der Waals surface area contributed by atoms with E-state index in [4.69, 9.17) is 0 Å². The van der Waals surface area contributed by atoms with Crippen LogP contribution in [0.4, 0.5) is 0 Å². The number of hydrogen-bond donors (Lipinski definition) is 0. The Labute approximate surface area is 82.9 Å². The van der Waals surface area contributed by atoms with Crippen LogP contribution >= 0.6 is 0 Å². The predicted molar refractivity (Wildman–Crippen MR) is 50.8 cm³/mol. The van der Waals surface area contributed by atoms with Crippen molar-refractivity contribution in [1.29, 1.82) is 0 Å². The van der Waals surface area contributed by atoms with Crippen LogP contribution in [0.15, 0.2) is 0 Å². The third-order valence-electron chi connectivity index (χ3n) is 0. The van der Waals surface area contributed by atoms with Gasteiger partial charge in [0.25, 0.3) is 0 Å². The molecule has 0 aromatic carbocycles. The summed E-state index contributed by atoms with van der Waals surface area (Å²) < 4.78 is 0. The topological polar surface area (TPSA) is 0 Å². The number of rotatable bonds is 0. The van der Waals surface area contributed by atoms with Crippen molar-refractivity contribution in [2.45, 2.75) is 41.5 Å². The molecule has 0 nitrogen and oxygen atoms in total. The van der Waals surface area contributed by atoms with Gasteiger partial charge in [-0.25, -0.2) is 0 Å². The van der Waals surface area contributed by atoms with Crippen LogP contribution < -0.4 is 0 Å². The molecule has 0 spiro atoms. The van der Waals surface area contributed by atoms with Crippen molar-refractivity contribution < 1.29 is 0 Å². The van der Waals surface area contributed by atoms with Crippen molar-refractivity contribution in [1.82, 2.24) is 0 Å². The Balaban J connectivity index is -0.0000000910. The molecule has 0 amide bonds. The molecule has 0 saturated heterocycles. The first-order valence-electron chi connectivity index (χ1n) is 3.35. The van der Waals surface area contributed by atoms with Gasteiger partial charge >= 0.3 is 23.1 Å². The predicted octanol–water partition coefficient (Wildman–Crippen LogP) is 3.11. The Morgan fingerprint density at radius 2 is 1.00 bits per heavy atom. The van der Waals surface area contributed by atoms with Crippen LogP contribution in [-0.4, -0.2) is 23.1 Å². The number of hydrogen-bond acceptors (Lipinski definition) is 0. The molecular formula is C9H20Mg. The van der Waals surface area contributed by atoms with Gasteiger partial charge in [-0.1, -0.05) is 20.8 Å². The molecule has 0 atom stereocenters. The second-order valence-electron chi connectivity index (χ2n) is 4.06. The molecule has 0 aromatic rings. The molecule has 0 unspecified atom stereocenters. The van der Waals surface area contributed by atoms with E-state index in [1.165, 1.54) is 5.92 Å². The average Bonchev–Trinajstić information content (AvgIpc) is 1.19. The van der Waals surface area contributed by atoms with Crippen LogP contribution in [0, 0.1) is 18.3 Å². The van der Waals surface area contributed by atoms with Gasteiger partial charge in [-0.3, -0.25) is 0 Å². The fraction of sp³-hybridized carbons (Fsp3) is 0.778. The molecular weight excluding hydrogens is 132 g/mol. The van der Waals surface area contributed by atoms with Gasteiger partial charge in [0.2, 0.25) is 0 Å². The molecule has 10 heavy (non-hydrogen) atoms. The molecule has 0 aliphatic rings. The van der Waals surface area contributed by atoms with Gasteiger partial charge in [0.05, 0.1) is 0 Å². The van der Waals surface area contributed by atoms with E-state index in [0.29, 0.717) is 0 Å². The Morgan fingerprint density at radius 1 is 1.00 bits per heavy atom. The van der Waals surface area contributed by atoms with Gasteiger partial charge in [0, 0.05) is 0 Å². The molecule has 0 aliphatic carbocycles. The molecule has 0 aromatic heterocycles. The maximum atomic E-state index is 3.77. The van der Waals surface area contributed by atoms with E-state index in [9.17, 15) is 0 Å². The monoisotopic (exact) mass is 152 g/mol. The standard InChI is InChI=1S/C5H11.C4H9.Mg/c1-5(2,3)4;1-4(2)3;/h1H2,2-4H3;1-3H3;/q2*-1;+2. The minimum Gasteiger partial charge on any atom is -0.338 e. The maximum Gasteiger partial charge on any atom is 2.00 e. The van der Waals surface area contributed by atoms with Crippen molar-refractivity contribution in [3.8, 4) is 0 Å². The first-order chi connectivity index (χ1) is 3.73. The van der Waals surface area contributed by atoms with Crippen LogP contribution in [-0.2, 0) is 0 Å². The Hall–Kier alpha value is 0.766. The van der Waals surface area contributed by atoms with Crippen LogP contribution in [0.3, 0.4) is 0 Å². The molecule has 58 valence electrons. The summed E-state index contributed by atoms with van der Waals surface area (Å²) in [6.45, 7) is 16.2. The quantitative estimate of drug-likeness (QED) is 0.370. The van der Waals surface area contributed by atoms with Crippen molar-refractivity contribution in [2.24, 2.45) is 5.41 Å². The molecule has 0 fully saturated rings. The van der Waals surface area contributed by atoms with E-state index < -0.39 is 0 Å². The van der Waals surface area contributed by atoms with Crippen molar-refractivity contribution in [2.75, 3.05) is 0 Å². The molecule has 0 aliphatic heterocycles. The second-order valence-corrected chi connectivity index (χ2v) is 4.06. The molecule has 0 heterocycles. The Kier molecular flexibility index (Phi) is 13.4. The summed E-state index contributed by atoms with van der Waals surface area (Å²) >= 11 is 0. The second kappa shape index (κ2) is 7.87. The first-order valence-corrected chi connectivity index (χ1v) is 3.35. The molecule has 1 heteroatoms. The summed E-state index contributed by atoms with van der Waals surface area (Å²) in [5, 5.41) is 0. The van der Waals surface area contributed by atoms with Gasteiger partial charge in [0.1, 0.15) is 0 Å². The summed E-state index contributed by atoms with van der Waals surface area (Å²) in [4.78, 5) is 0. The summed E-state index contributed by atoms with van der Waals surface area (Å²) in [5.41, 5.74) is 0.250. The summed E-state index contributed by atoms with van der Waals surface area (Å²) in [6, 6.07) is 0. The minimum atomic E-state index is 0. The van der Waals surface area contributed by atoms with Gasteiger partial charge in [-0.05, 0) is 0 Å². The van der Waals surface area contributed by atoms with Gasteiger partial charge < -0.3 is 12.8 Å². The van der Waals surface area contributed by atoms with Gasteiger partial charge in [-0.15, -0.1) is 0 Å². The molecule has 0 saturated carbocycles. The van der Waals surface area contributed by atoms with E-state index in [0.717, 1.165) is 0 Å². The Morgan fingerprint density at radius 3 is 1.00 bits per heavy atom. The van der Waals surface area contributed by atoms with Crippen molar-refractivity contribution in [3.05, 3.63) is 12.8 Å². The van der Waals surface area contributed by atoms with Crippen LogP contribution in [0.5, 0.6) is 0 Å². The smallest absolute Gasteiger partial charge is 0.338 e. The normalized spacial score (nSPS) is 9.60. The van der Waals surface area contributed by atoms with Crippen LogP contribution in [0.25, 0.3) is 0 Å². The molecule has 0 bridgehead atoms. The van der Waals surface area contributed by atoms with Gasteiger partial charge in [0.15, 0.2) is 0 Å². The Bertz CT molecular complexity index is 41.5. The van der Waals surface area contributed by atoms with Crippen LogP contribution in [0.1, 0.15) is 41.5 Å². The first kappa shape index (κ1) is 17.0. The van der Waals surface area contributed by atoms with E-state index in [2.05, 4.69) is 48.5 Å². The van der Waals surface area contributed by atoms with E-state index >= 15 is 0 Å². The third kappa shape index (κ3) is 901. The third-order valence-corrected chi connectivity index (χ3v) is 0. The summed E-state index contributed by atoms with van der Waals surface area (Å²) in [7, 11) is 0. The molecule has 0 N–H and O–H groups in total. The van der Waals surface area contributed by atoms with E-state index in [1.54, 1.807) is 0 Å². The SMILES string of the molecule is C[C-](C)C.[CH2-]C(C)(C)C.[Mg+2]. The molecule has 0 radical (unpaired) electrons. The van der Waals surface area contributed by atoms with Gasteiger partial charge in [-0.2, -0.15) is 26.2 Å². The zero-order valence-corrected chi connectivity index (χ0v) is 9.83. The van der Waals surface area contributed by atoms with Crippen molar-refractivity contribution in [3.63, 3.8) is 0 Å². The fourth-order valence-corrected chi connectivity index (χ4v) is 0. The zero-order chi connectivity index (χ0) is 8.08. The summed E-state index contributed by atoms with van der Waals surface area (Å²) in [6.07, 6.45) is 0. The maximum absolute atomic E-state index is 3.77. The van der Waals surface area contributed by atoms with E-state index in [1.807, 2.05) is 0 Å². The zero-order valence-electron chi connectivity index (χ0n) is 8.41. The summed E-state index contributed by atoms with van der Waals surface area (Å²) in [5.74, 6) is 1.42. The largest absolute Gasteiger partial charge is 2.00 e. The van der Waals surface area contributed by atoms with Crippen molar-refractivity contribution >= 4 is 23.1 Å². The molecule has 0 rings (SSSR count).